The maximum absolute atomic E-state index is 12.1. The van der Waals surface area contributed by atoms with Gasteiger partial charge in [0.2, 0.25) is 0 Å². The maximum Gasteiger partial charge on any atom is 0.433 e. The van der Waals surface area contributed by atoms with E-state index in [-0.39, 0.29) is 18.2 Å². The number of nitrogens with one attached hydrogen (secondary N) is 1. The van der Waals surface area contributed by atoms with Gasteiger partial charge < -0.3 is 14.6 Å². The van der Waals surface area contributed by atoms with Crippen LogP contribution < -0.4 is 10.2 Å². The Bertz CT molecular complexity index is 1030. The minimum Gasteiger partial charge on any atom is -0.395 e. The number of nitro groups is 1. The lowest BCUT2D eigenvalue weighted by Gasteiger charge is -2.36. The van der Waals surface area contributed by atoms with Gasteiger partial charge in [-0.25, -0.2) is 0 Å². The van der Waals surface area contributed by atoms with Gasteiger partial charge in [0.05, 0.1) is 6.07 Å². The summed E-state index contributed by atoms with van der Waals surface area (Å²) < 4.78 is 4.92. The van der Waals surface area contributed by atoms with E-state index in [0.29, 0.717) is 6.54 Å². The molecule has 0 bridgehead atoms. The summed E-state index contributed by atoms with van der Waals surface area (Å²) in [4.78, 5) is 26.9. The number of anilines is 1. The zero-order valence-corrected chi connectivity index (χ0v) is 18.3. The van der Waals surface area contributed by atoms with E-state index < -0.39 is 16.7 Å². The molecule has 2 aromatic carbocycles. The van der Waals surface area contributed by atoms with Crippen LogP contribution in [0.15, 0.2) is 71.1 Å². The third-order valence-electron chi connectivity index (χ3n) is 5.37. The van der Waals surface area contributed by atoms with Crippen molar-refractivity contribution < 1.29 is 14.1 Å². The Kier molecular flexibility index (Phi) is 7.86. The van der Waals surface area contributed by atoms with Gasteiger partial charge in [0.1, 0.15) is 4.92 Å². The second-order valence-corrected chi connectivity index (χ2v) is 7.49. The number of carbonyl (C=O) groups excluding carboxylic acids is 1. The molecule has 1 amide bonds. The van der Waals surface area contributed by atoms with Crippen molar-refractivity contribution in [1.82, 2.24) is 10.2 Å². The van der Waals surface area contributed by atoms with Crippen LogP contribution in [0.1, 0.15) is 21.7 Å². The molecule has 168 valence electrons. The quantitative estimate of drug-likeness (QED) is 0.428. The highest BCUT2D eigenvalue weighted by Gasteiger charge is 2.18. The molecular weight excluding hydrogens is 432 g/mol. The molecule has 0 radical (unpaired) electrons. The molecule has 2 heterocycles. The fourth-order valence-corrected chi connectivity index (χ4v) is 3.65. The zero-order chi connectivity index (χ0) is 21.6. The third-order valence-corrected chi connectivity index (χ3v) is 5.37. The normalized spacial score (nSPS) is 13.9. The number of carbonyl (C=O) groups is 1. The maximum atomic E-state index is 12.1. The van der Waals surface area contributed by atoms with Crippen molar-refractivity contribution >= 4 is 29.9 Å². The summed E-state index contributed by atoms with van der Waals surface area (Å²) in [5.41, 5.74) is 3.45. The number of furan rings is 1. The Morgan fingerprint density at radius 1 is 0.938 bits per heavy atom. The number of hydrogen-bond acceptors (Lipinski definition) is 6. The molecule has 1 aliphatic rings. The van der Waals surface area contributed by atoms with E-state index in [1.807, 2.05) is 18.2 Å². The van der Waals surface area contributed by atoms with Gasteiger partial charge in [-0.05, 0) is 29.3 Å². The highest BCUT2D eigenvalue weighted by atomic mass is 35.5. The minimum absolute atomic E-state index is 0. The summed E-state index contributed by atoms with van der Waals surface area (Å²) >= 11 is 0. The van der Waals surface area contributed by atoms with E-state index in [4.69, 9.17) is 4.42 Å². The lowest BCUT2D eigenvalue weighted by atomic mass is 10.1. The smallest absolute Gasteiger partial charge is 0.395 e. The van der Waals surface area contributed by atoms with Crippen molar-refractivity contribution in [2.75, 3.05) is 31.1 Å². The number of hydrogen-bond donors (Lipinski definition) is 1. The van der Waals surface area contributed by atoms with E-state index >= 15 is 0 Å². The lowest BCUT2D eigenvalue weighted by Crippen LogP contribution is -2.45. The van der Waals surface area contributed by atoms with E-state index in [2.05, 4.69) is 51.5 Å². The Labute approximate surface area is 192 Å². The number of amides is 1. The standard InChI is InChI=1S/C23H24N4O4.ClH/c28-23(21-10-11-22(31-21)27(29)30)24-16-18-6-8-20(9-7-18)26-14-12-25(13-15-26)17-19-4-2-1-3-5-19;/h1-11H,12-17H2,(H,24,28);1H. The Morgan fingerprint density at radius 2 is 1.62 bits per heavy atom. The third kappa shape index (κ3) is 5.87. The van der Waals surface area contributed by atoms with Crippen LogP contribution in [-0.2, 0) is 13.1 Å². The van der Waals surface area contributed by atoms with Gasteiger partial charge >= 0.3 is 5.88 Å². The van der Waals surface area contributed by atoms with Crippen molar-refractivity contribution in [2.24, 2.45) is 0 Å². The molecule has 0 atom stereocenters. The van der Waals surface area contributed by atoms with E-state index in [1.165, 1.54) is 17.7 Å². The van der Waals surface area contributed by atoms with Crippen LogP contribution in [0.3, 0.4) is 0 Å². The summed E-state index contributed by atoms with van der Waals surface area (Å²) in [6, 6.07) is 21.1. The predicted molar refractivity (Wildman–Crippen MR) is 124 cm³/mol. The molecule has 1 fully saturated rings. The Morgan fingerprint density at radius 3 is 2.25 bits per heavy atom. The predicted octanol–water partition coefficient (Wildman–Crippen LogP) is 3.86. The molecule has 0 aliphatic carbocycles. The zero-order valence-electron chi connectivity index (χ0n) is 17.5. The highest BCUT2D eigenvalue weighted by Crippen LogP contribution is 2.19. The molecule has 9 heteroatoms. The van der Waals surface area contributed by atoms with Gasteiger partial charge in [0.15, 0.2) is 5.76 Å². The first-order chi connectivity index (χ1) is 15.1. The molecule has 8 nitrogen and oxygen atoms in total. The van der Waals surface area contributed by atoms with Crippen LogP contribution >= 0.6 is 12.4 Å². The second-order valence-electron chi connectivity index (χ2n) is 7.49. The molecular formula is C23H25ClN4O4. The summed E-state index contributed by atoms with van der Waals surface area (Å²) in [6.07, 6.45) is 0. The van der Waals surface area contributed by atoms with E-state index in [1.54, 1.807) is 0 Å². The van der Waals surface area contributed by atoms with Gasteiger partial charge in [-0.15, -0.1) is 12.4 Å². The number of benzene rings is 2. The fourth-order valence-electron chi connectivity index (χ4n) is 3.65. The number of nitrogens with zero attached hydrogens (tertiary/aromatic N) is 3. The molecule has 1 N–H and O–H groups in total. The Balaban J connectivity index is 0.00000289. The van der Waals surface area contributed by atoms with Crippen molar-refractivity contribution in [3.05, 3.63) is 93.7 Å². The second kappa shape index (κ2) is 10.8. The number of piperazine rings is 1. The SMILES string of the molecule is Cl.O=C(NCc1ccc(N2CCN(Cc3ccccc3)CC2)cc1)c1ccc([N+](=O)[O-])o1. The summed E-state index contributed by atoms with van der Waals surface area (Å²) in [5, 5.41) is 13.4. The van der Waals surface area contributed by atoms with Crippen molar-refractivity contribution in [1.29, 1.82) is 0 Å². The summed E-state index contributed by atoms with van der Waals surface area (Å²) in [7, 11) is 0. The molecule has 32 heavy (non-hydrogen) atoms. The van der Waals surface area contributed by atoms with Crippen molar-refractivity contribution in [3.8, 4) is 0 Å². The molecule has 1 aliphatic heterocycles. The van der Waals surface area contributed by atoms with Gasteiger partial charge in [-0.2, -0.15) is 0 Å². The molecule has 0 saturated carbocycles. The number of halogens is 1. The van der Waals surface area contributed by atoms with E-state index in [0.717, 1.165) is 44.0 Å². The van der Waals surface area contributed by atoms with Crippen LogP contribution in [0.25, 0.3) is 0 Å². The van der Waals surface area contributed by atoms with Crippen LogP contribution in [0, 0.1) is 10.1 Å². The molecule has 1 aromatic heterocycles. The molecule has 0 unspecified atom stereocenters. The monoisotopic (exact) mass is 456 g/mol. The van der Waals surface area contributed by atoms with Gasteiger partial charge in [0.25, 0.3) is 5.91 Å². The topological polar surface area (TPSA) is 91.9 Å². The molecule has 0 spiro atoms. The van der Waals surface area contributed by atoms with Crippen molar-refractivity contribution in [3.63, 3.8) is 0 Å². The summed E-state index contributed by atoms with van der Waals surface area (Å²) in [5.74, 6) is -0.998. The van der Waals surface area contributed by atoms with Gasteiger partial charge in [-0.3, -0.25) is 19.8 Å². The first-order valence-electron chi connectivity index (χ1n) is 10.2. The first-order valence-corrected chi connectivity index (χ1v) is 10.2. The average molecular weight is 457 g/mol. The first kappa shape index (κ1) is 23.3. The largest absolute Gasteiger partial charge is 0.433 e. The summed E-state index contributed by atoms with van der Waals surface area (Å²) in [6.45, 7) is 5.27. The molecule has 4 rings (SSSR count). The average Bonchev–Trinajstić information content (AvgIpc) is 3.30. The van der Waals surface area contributed by atoms with Crippen LogP contribution in [0.5, 0.6) is 0 Å². The molecule has 3 aromatic rings. The molecule has 1 saturated heterocycles. The minimum atomic E-state index is -0.670. The van der Waals surface area contributed by atoms with Gasteiger partial charge in [-0.1, -0.05) is 42.5 Å². The van der Waals surface area contributed by atoms with Crippen LogP contribution in [0.4, 0.5) is 11.6 Å². The van der Waals surface area contributed by atoms with Crippen molar-refractivity contribution in [2.45, 2.75) is 13.1 Å². The number of rotatable bonds is 7. The van der Waals surface area contributed by atoms with Crippen LogP contribution in [-0.4, -0.2) is 41.9 Å². The highest BCUT2D eigenvalue weighted by molar-refractivity contribution is 5.91. The van der Waals surface area contributed by atoms with E-state index in [9.17, 15) is 14.9 Å². The lowest BCUT2D eigenvalue weighted by molar-refractivity contribution is -0.402. The van der Waals surface area contributed by atoms with Gasteiger partial charge in [0, 0.05) is 45.0 Å². The fraction of sp³-hybridized carbons (Fsp3) is 0.261. The van der Waals surface area contributed by atoms with Crippen LogP contribution in [0.2, 0.25) is 0 Å². The Hall–Kier alpha value is -3.36.